The Morgan fingerprint density at radius 3 is 2.90 bits per heavy atom. The lowest BCUT2D eigenvalue weighted by molar-refractivity contribution is -0.0109. The zero-order valence-corrected chi connectivity index (χ0v) is 8.09. The predicted molar refractivity (Wildman–Crippen MR) is 40.6 cm³/mol. The topological polar surface area (TPSA) is 38.7 Å². The van der Waals surface area contributed by atoms with Gasteiger partial charge in [-0.2, -0.15) is 4.99 Å². The van der Waals surface area contributed by atoms with Gasteiger partial charge < -0.3 is 4.74 Å². The summed E-state index contributed by atoms with van der Waals surface area (Å²) >= 11 is 0. The molecule has 1 heterocycles. The first-order valence-electron chi connectivity index (χ1n) is 3.50. The van der Waals surface area contributed by atoms with Gasteiger partial charge in [0, 0.05) is 6.61 Å². The van der Waals surface area contributed by atoms with Gasteiger partial charge in [0.1, 0.15) is 5.35 Å². The van der Waals surface area contributed by atoms with Crippen LogP contribution in [0.1, 0.15) is 19.3 Å². The maximum absolute atomic E-state index is 9.93. The van der Waals surface area contributed by atoms with Crippen molar-refractivity contribution in [3.63, 3.8) is 0 Å². The number of aliphatic imine (C=N–C) groups is 1. The number of carbonyl (C=O) groups excluding carboxylic acids is 1. The Bertz CT molecular complexity index is 159. The lowest BCUT2D eigenvalue weighted by atomic mass is 10.2. The monoisotopic (exact) mass is 157 g/mol. The smallest absolute Gasteiger partial charge is 0.237 e. The van der Waals surface area contributed by atoms with Crippen molar-refractivity contribution < 1.29 is 9.53 Å². The minimum Gasteiger partial charge on any atom is -0.358 e. The number of ether oxygens (including phenoxy) is 1. The molecule has 0 bridgehead atoms. The molecule has 10 heavy (non-hydrogen) atoms. The molecule has 1 aliphatic heterocycles. The minimum atomic E-state index is -0.431. The second-order valence-corrected chi connectivity index (χ2v) is 4.25. The molecule has 3 nitrogen and oxygen atoms in total. The van der Waals surface area contributed by atoms with Gasteiger partial charge in [0.25, 0.3) is 0 Å². The summed E-state index contributed by atoms with van der Waals surface area (Å²) < 4.78 is 5.34. The molecule has 0 saturated carbocycles. The first kappa shape index (κ1) is 7.66. The van der Waals surface area contributed by atoms with Gasteiger partial charge in [0.05, 0.1) is 10.2 Å². The van der Waals surface area contributed by atoms with Gasteiger partial charge in [0.2, 0.25) is 6.08 Å². The van der Waals surface area contributed by atoms with Crippen LogP contribution in [0.5, 0.6) is 0 Å². The lowest BCUT2D eigenvalue weighted by Gasteiger charge is -2.28. The van der Waals surface area contributed by atoms with Crippen molar-refractivity contribution in [2.45, 2.75) is 24.6 Å². The fraction of sp³-hybridized carbons (Fsp3) is 0.833. The van der Waals surface area contributed by atoms with E-state index in [0.29, 0.717) is 0 Å². The number of hydrogen-bond donors (Lipinski definition) is 0. The van der Waals surface area contributed by atoms with E-state index in [-0.39, 0.29) is 0 Å². The molecule has 0 spiro atoms. The third-order valence-electron chi connectivity index (χ3n) is 1.73. The van der Waals surface area contributed by atoms with Crippen molar-refractivity contribution in [2.24, 2.45) is 4.99 Å². The highest BCUT2D eigenvalue weighted by Crippen LogP contribution is 2.21. The summed E-state index contributed by atoms with van der Waals surface area (Å²) in [6, 6.07) is 0. The molecule has 1 atom stereocenters. The van der Waals surface area contributed by atoms with Crippen LogP contribution >= 0.6 is 0 Å². The zero-order valence-electron chi connectivity index (χ0n) is 6.09. The van der Waals surface area contributed by atoms with Gasteiger partial charge in [-0.15, -0.1) is 0 Å². The summed E-state index contributed by atoms with van der Waals surface area (Å²) in [7, 11) is 0.788. The summed E-state index contributed by atoms with van der Waals surface area (Å²) in [6.07, 6.45) is 4.68. The molecular formula is C6H11NO2Si. The Kier molecular flexibility index (Phi) is 2.37. The molecule has 1 unspecified atom stereocenters. The van der Waals surface area contributed by atoms with Crippen LogP contribution < -0.4 is 0 Å². The van der Waals surface area contributed by atoms with Gasteiger partial charge >= 0.3 is 0 Å². The van der Waals surface area contributed by atoms with Crippen LogP contribution in [0.25, 0.3) is 0 Å². The second-order valence-electron chi connectivity index (χ2n) is 2.68. The van der Waals surface area contributed by atoms with Crippen LogP contribution in [0, 0.1) is 0 Å². The van der Waals surface area contributed by atoms with Crippen LogP contribution in [0.4, 0.5) is 0 Å². The van der Waals surface area contributed by atoms with Crippen LogP contribution in [-0.2, 0) is 9.53 Å². The quantitative estimate of drug-likeness (QED) is 0.293. The van der Waals surface area contributed by atoms with Crippen molar-refractivity contribution in [3.8, 4) is 0 Å². The average molecular weight is 157 g/mol. The second kappa shape index (κ2) is 3.10. The largest absolute Gasteiger partial charge is 0.358 e. The van der Waals surface area contributed by atoms with E-state index in [1.165, 1.54) is 0 Å². The van der Waals surface area contributed by atoms with E-state index in [2.05, 4.69) is 4.99 Å². The minimum absolute atomic E-state index is 0.431. The van der Waals surface area contributed by atoms with E-state index >= 15 is 0 Å². The Labute approximate surface area is 62.9 Å². The number of rotatable bonds is 1. The predicted octanol–water partition coefficient (Wildman–Crippen LogP) is -0.458. The summed E-state index contributed by atoms with van der Waals surface area (Å²) in [5.41, 5.74) is 0. The molecule has 0 radical (unpaired) electrons. The van der Waals surface area contributed by atoms with Crippen molar-refractivity contribution in [1.82, 2.24) is 0 Å². The van der Waals surface area contributed by atoms with Crippen molar-refractivity contribution in [1.29, 1.82) is 0 Å². The highest BCUT2D eigenvalue weighted by Gasteiger charge is 2.26. The van der Waals surface area contributed by atoms with Crippen LogP contribution in [-0.4, -0.2) is 28.3 Å². The van der Waals surface area contributed by atoms with Crippen molar-refractivity contribution >= 4 is 16.3 Å². The molecule has 1 rings (SSSR count). The summed E-state index contributed by atoms with van der Waals surface area (Å²) in [5, 5.41) is -0.431. The van der Waals surface area contributed by atoms with Gasteiger partial charge in [0.15, 0.2) is 0 Å². The van der Waals surface area contributed by atoms with Crippen molar-refractivity contribution in [2.75, 3.05) is 6.61 Å². The van der Waals surface area contributed by atoms with Gasteiger partial charge in [-0.1, -0.05) is 0 Å². The standard InChI is InChI=1S/C6H11NO2Si/c8-5-7-6(10)3-1-2-4-9-6/h1-4H2,10H3. The highest BCUT2D eigenvalue weighted by molar-refractivity contribution is 6.14. The molecule has 4 heteroatoms. The first-order chi connectivity index (χ1) is 4.77. The van der Waals surface area contributed by atoms with E-state index in [4.69, 9.17) is 4.74 Å². The fourth-order valence-corrected chi connectivity index (χ4v) is 1.75. The third kappa shape index (κ3) is 1.77. The van der Waals surface area contributed by atoms with E-state index < -0.39 is 5.35 Å². The average Bonchev–Trinajstić information content (AvgIpc) is 1.89. The summed E-state index contributed by atoms with van der Waals surface area (Å²) in [4.78, 5) is 13.6. The molecule has 0 aromatic rings. The van der Waals surface area contributed by atoms with E-state index in [0.717, 1.165) is 36.1 Å². The summed E-state index contributed by atoms with van der Waals surface area (Å²) in [5.74, 6) is 0. The maximum Gasteiger partial charge on any atom is 0.237 e. The maximum atomic E-state index is 9.93. The lowest BCUT2D eigenvalue weighted by Crippen LogP contribution is -2.34. The van der Waals surface area contributed by atoms with Gasteiger partial charge in [-0.05, 0) is 19.3 Å². The molecule has 56 valence electrons. The Morgan fingerprint density at radius 1 is 1.60 bits per heavy atom. The zero-order chi connectivity index (χ0) is 7.45. The van der Waals surface area contributed by atoms with Crippen LogP contribution in [0.2, 0.25) is 0 Å². The fourth-order valence-electron chi connectivity index (χ4n) is 1.10. The normalized spacial score (nSPS) is 33.2. The molecule has 1 fully saturated rings. The number of nitrogens with zero attached hydrogens (tertiary/aromatic N) is 1. The first-order valence-corrected chi connectivity index (χ1v) is 4.50. The van der Waals surface area contributed by atoms with Gasteiger partial charge in [-0.25, -0.2) is 4.79 Å². The van der Waals surface area contributed by atoms with Crippen LogP contribution in [0.3, 0.4) is 0 Å². The number of isocyanates is 1. The van der Waals surface area contributed by atoms with E-state index in [1.807, 2.05) is 0 Å². The Hall–Kier alpha value is -0.443. The summed E-state index contributed by atoms with van der Waals surface area (Å²) in [6.45, 7) is 0.745. The van der Waals surface area contributed by atoms with Crippen LogP contribution in [0.15, 0.2) is 4.99 Å². The van der Waals surface area contributed by atoms with E-state index in [9.17, 15) is 4.79 Å². The SMILES string of the molecule is O=C=NC1([SiH3])CCCCO1. The molecule has 0 aromatic heterocycles. The molecule has 0 aliphatic carbocycles. The molecule has 1 saturated heterocycles. The van der Waals surface area contributed by atoms with Gasteiger partial charge in [-0.3, -0.25) is 0 Å². The van der Waals surface area contributed by atoms with Crippen molar-refractivity contribution in [3.05, 3.63) is 0 Å². The molecule has 0 amide bonds. The molecule has 1 aliphatic rings. The molecule has 0 N–H and O–H groups in total. The Balaban J connectivity index is 2.56. The number of hydrogen-bond acceptors (Lipinski definition) is 3. The molecular weight excluding hydrogens is 146 g/mol. The third-order valence-corrected chi connectivity index (χ3v) is 2.74. The Morgan fingerprint density at radius 2 is 2.40 bits per heavy atom. The molecule has 0 aromatic carbocycles. The van der Waals surface area contributed by atoms with E-state index in [1.54, 1.807) is 6.08 Å². The highest BCUT2D eigenvalue weighted by atomic mass is 28.1.